The van der Waals surface area contributed by atoms with Gasteiger partial charge in [0.15, 0.2) is 5.78 Å². The van der Waals surface area contributed by atoms with Crippen LogP contribution in [0.1, 0.15) is 33.1 Å². The molecule has 2 fully saturated rings. The summed E-state index contributed by atoms with van der Waals surface area (Å²) in [5.74, 6) is 0.134. The highest BCUT2D eigenvalue weighted by Gasteiger charge is 2.65. The smallest absolute Gasteiger partial charge is 0.238 e. The van der Waals surface area contributed by atoms with E-state index in [0.29, 0.717) is 34.5 Å². The van der Waals surface area contributed by atoms with Crippen molar-refractivity contribution in [2.24, 2.45) is 16.7 Å². The molecule has 2 atom stereocenters. The number of nitrogens with one attached hydrogen (secondary N) is 1. The molecule has 0 radical (unpaired) electrons. The monoisotopic (exact) mass is 325 g/mol. The first-order valence-corrected chi connectivity index (χ1v) is 7.84. The zero-order valence-electron chi connectivity index (χ0n) is 12.0. The Bertz CT molecular complexity index is 641. The van der Waals surface area contributed by atoms with Crippen LogP contribution in [0, 0.1) is 16.7 Å². The molecule has 0 unspecified atom stereocenters. The predicted molar refractivity (Wildman–Crippen MR) is 83.7 cm³/mol. The second kappa shape index (κ2) is 4.72. The lowest BCUT2D eigenvalue weighted by Gasteiger charge is -2.32. The van der Waals surface area contributed by atoms with Crippen molar-refractivity contribution in [3.8, 4) is 0 Å². The maximum Gasteiger partial charge on any atom is 0.238 e. The minimum atomic E-state index is -0.878. The Balaban J connectivity index is 1.88. The summed E-state index contributed by atoms with van der Waals surface area (Å²) in [7, 11) is 0. The normalized spacial score (nSPS) is 29.7. The SMILES string of the molecule is CC1(C)C(=O)[C@@]2(C(=O)Nc3ccc(Cl)cc3Cl)CC[C@@H]1C2. The molecule has 2 aliphatic rings. The van der Waals surface area contributed by atoms with Gasteiger partial charge < -0.3 is 5.32 Å². The van der Waals surface area contributed by atoms with Crippen LogP contribution in [0.3, 0.4) is 0 Å². The van der Waals surface area contributed by atoms with Gasteiger partial charge in [0.05, 0.1) is 10.7 Å². The first-order chi connectivity index (χ1) is 9.77. The number of fused-ring (bicyclic) bond motifs is 2. The third kappa shape index (κ3) is 2.09. The second-order valence-electron chi connectivity index (χ2n) is 6.65. The Morgan fingerprint density at radius 1 is 1.33 bits per heavy atom. The lowest BCUT2D eigenvalue weighted by Crippen LogP contribution is -2.44. The van der Waals surface area contributed by atoms with E-state index in [9.17, 15) is 9.59 Å². The highest BCUT2D eigenvalue weighted by Crippen LogP contribution is 2.60. The van der Waals surface area contributed by atoms with E-state index in [1.807, 2.05) is 13.8 Å². The molecule has 2 aliphatic carbocycles. The minimum absolute atomic E-state index is 0.0637. The molecular weight excluding hydrogens is 309 g/mol. The average molecular weight is 326 g/mol. The largest absolute Gasteiger partial charge is 0.324 e. The maximum atomic E-state index is 12.7. The lowest BCUT2D eigenvalue weighted by atomic mass is 9.70. The van der Waals surface area contributed by atoms with Crippen LogP contribution >= 0.6 is 23.2 Å². The van der Waals surface area contributed by atoms with Crippen molar-refractivity contribution in [1.82, 2.24) is 0 Å². The van der Waals surface area contributed by atoms with Gasteiger partial charge >= 0.3 is 0 Å². The van der Waals surface area contributed by atoms with Crippen LogP contribution in [-0.2, 0) is 9.59 Å². The molecule has 0 saturated heterocycles. The van der Waals surface area contributed by atoms with Crippen LogP contribution in [0.15, 0.2) is 18.2 Å². The number of carbonyl (C=O) groups is 2. The van der Waals surface area contributed by atoms with Crippen molar-refractivity contribution >= 4 is 40.6 Å². The van der Waals surface area contributed by atoms with Gasteiger partial charge in [-0.05, 0) is 43.4 Å². The van der Waals surface area contributed by atoms with Crippen LogP contribution < -0.4 is 5.32 Å². The molecule has 2 saturated carbocycles. The van der Waals surface area contributed by atoms with Crippen LogP contribution in [0.2, 0.25) is 10.0 Å². The topological polar surface area (TPSA) is 46.2 Å². The number of halogens is 2. The highest BCUT2D eigenvalue weighted by atomic mass is 35.5. The molecule has 1 amide bonds. The van der Waals surface area contributed by atoms with Crippen molar-refractivity contribution in [2.45, 2.75) is 33.1 Å². The fourth-order valence-electron chi connectivity index (χ4n) is 3.81. The van der Waals surface area contributed by atoms with Gasteiger partial charge in [0.1, 0.15) is 5.41 Å². The fraction of sp³-hybridized carbons (Fsp3) is 0.500. The molecule has 112 valence electrons. The molecule has 0 spiro atoms. The average Bonchev–Trinajstić information content (AvgIpc) is 2.93. The Labute approximate surface area is 134 Å². The lowest BCUT2D eigenvalue weighted by molar-refractivity contribution is -0.142. The molecule has 3 rings (SSSR count). The molecule has 0 aliphatic heterocycles. The molecule has 2 bridgehead atoms. The van der Waals surface area contributed by atoms with Gasteiger partial charge in [0.2, 0.25) is 5.91 Å². The number of benzene rings is 1. The Kier molecular flexibility index (Phi) is 3.34. The van der Waals surface area contributed by atoms with Gasteiger partial charge in [0, 0.05) is 10.4 Å². The maximum absolute atomic E-state index is 12.7. The summed E-state index contributed by atoms with van der Waals surface area (Å²) in [6.45, 7) is 3.90. The van der Waals surface area contributed by atoms with Gasteiger partial charge in [-0.25, -0.2) is 0 Å². The van der Waals surface area contributed by atoms with Crippen molar-refractivity contribution in [2.75, 3.05) is 5.32 Å². The first kappa shape index (κ1) is 14.9. The number of rotatable bonds is 2. The number of carbonyl (C=O) groups excluding carboxylic acids is 2. The van der Waals surface area contributed by atoms with E-state index >= 15 is 0 Å². The predicted octanol–water partition coefficient (Wildman–Crippen LogP) is 4.33. The molecule has 0 heterocycles. The third-order valence-corrected chi connectivity index (χ3v) is 5.72. The number of Topliss-reactive ketones (excluding diaryl/α,β-unsaturated/α-hetero) is 1. The molecule has 0 aromatic heterocycles. The third-order valence-electron chi connectivity index (χ3n) is 5.17. The van der Waals surface area contributed by atoms with Crippen LogP contribution in [0.4, 0.5) is 5.69 Å². The Morgan fingerprint density at radius 2 is 2.05 bits per heavy atom. The van der Waals surface area contributed by atoms with E-state index in [1.54, 1.807) is 18.2 Å². The summed E-state index contributed by atoms with van der Waals surface area (Å²) in [5.41, 5.74) is -0.780. The van der Waals surface area contributed by atoms with E-state index in [2.05, 4.69) is 5.32 Å². The van der Waals surface area contributed by atoms with Gasteiger partial charge in [0.25, 0.3) is 0 Å². The zero-order valence-corrected chi connectivity index (χ0v) is 13.5. The number of hydrogen-bond donors (Lipinski definition) is 1. The summed E-state index contributed by atoms with van der Waals surface area (Å²) in [6, 6.07) is 4.91. The summed E-state index contributed by atoms with van der Waals surface area (Å²) in [5, 5.41) is 3.71. The number of hydrogen-bond acceptors (Lipinski definition) is 2. The Morgan fingerprint density at radius 3 is 2.62 bits per heavy atom. The van der Waals surface area contributed by atoms with E-state index < -0.39 is 10.8 Å². The van der Waals surface area contributed by atoms with Crippen LogP contribution in [0.25, 0.3) is 0 Å². The van der Waals surface area contributed by atoms with Gasteiger partial charge in [-0.1, -0.05) is 37.0 Å². The zero-order chi connectivity index (χ0) is 15.4. The summed E-state index contributed by atoms with van der Waals surface area (Å²) < 4.78 is 0. The first-order valence-electron chi connectivity index (χ1n) is 7.09. The van der Waals surface area contributed by atoms with Gasteiger partial charge in [-0.15, -0.1) is 0 Å². The molecule has 5 heteroatoms. The molecule has 3 nitrogen and oxygen atoms in total. The Hall–Kier alpha value is -1.06. The van der Waals surface area contributed by atoms with Crippen molar-refractivity contribution in [3.63, 3.8) is 0 Å². The molecule has 21 heavy (non-hydrogen) atoms. The van der Waals surface area contributed by atoms with Gasteiger partial charge in [-0.2, -0.15) is 0 Å². The van der Waals surface area contributed by atoms with Crippen molar-refractivity contribution in [1.29, 1.82) is 0 Å². The summed E-state index contributed by atoms with van der Waals surface area (Å²) in [4.78, 5) is 25.4. The fourth-order valence-corrected chi connectivity index (χ4v) is 4.27. The van der Waals surface area contributed by atoms with Crippen LogP contribution in [-0.4, -0.2) is 11.7 Å². The quantitative estimate of drug-likeness (QED) is 0.823. The summed E-state index contributed by atoms with van der Waals surface area (Å²) >= 11 is 11.9. The van der Waals surface area contributed by atoms with Crippen molar-refractivity contribution < 1.29 is 9.59 Å². The van der Waals surface area contributed by atoms with Gasteiger partial charge in [-0.3, -0.25) is 9.59 Å². The van der Waals surface area contributed by atoms with E-state index in [-0.39, 0.29) is 11.7 Å². The van der Waals surface area contributed by atoms with Crippen molar-refractivity contribution in [3.05, 3.63) is 28.2 Å². The van der Waals surface area contributed by atoms with Crippen LogP contribution in [0.5, 0.6) is 0 Å². The standard InChI is InChI=1S/C16H17Cl2NO2/c1-15(2)9-5-6-16(8-9,13(15)20)14(21)19-12-4-3-10(17)7-11(12)18/h3-4,7,9H,5-6,8H2,1-2H3,(H,19,21)/t9-,16-/m1/s1. The van der Waals surface area contributed by atoms with E-state index in [1.165, 1.54) is 0 Å². The van der Waals surface area contributed by atoms with E-state index in [4.69, 9.17) is 23.2 Å². The van der Waals surface area contributed by atoms with E-state index in [0.717, 1.165) is 6.42 Å². The minimum Gasteiger partial charge on any atom is -0.324 e. The summed E-state index contributed by atoms with van der Waals surface area (Å²) in [6.07, 6.45) is 2.22. The molecule has 1 aromatic carbocycles. The highest BCUT2D eigenvalue weighted by molar-refractivity contribution is 6.36. The molecule has 1 N–H and O–H groups in total. The molecular formula is C16H17Cl2NO2. The molecule has 1 aromatic rings. The number of amides is 1. The number of ketones is 1. The number of anilines is 1. The second-order valence-corrected chi connectivity index (χ2v) is 7.49.